The lowest BCUT2D eigenvalue weighted by Gasteiger charge is -2.23. The Kier molecular flexibility index (Phi) is 4.24. The highest BCUT2D eigenvalue weighted by atomic mass is 32.2. The van der Waals surface area contributed by atoms with E-state index in [2.05, 4.69) is 4.72 Å². The smallest absolute Gasteiger partial charge is 0.232 e. The first-order chi connectivity index (χ1) is 9.02. The first-order valence-corrected chi connectivity index (χ1v) is 8.32. The second kappa shape index (κ2) is 5.74. The molecule has 2 rings (SSSR count). The van der Waals surface area contributed by atoms with Gasteiger partial charge in [-0.15, -0.1) is 0 Å². The van der Waals surface area contributed by atoms with Gasteiger partial charge in [-0.05, 0) is 43.5 Å². The van der Waals surface area contributed by atoms with Gasteiger partial charge in [0.15, 0.2) is 5.78 Å². The summed E-state index contributed by atoms with van der Waals surface area (Å²) in [5.41, 5.74) is 1.18. The molecule has 1 aromatic rings. The molecule has 4 nitrogen and oxygen atoms in total. The topological polar surface area (TPSA) is 63.2 Å². The molecule has 1 saturated carbocycles. The normalized spacial score (nSPS) is 15.8. The van der Waals surface area contributed by atoms with Gasteiger partial charge in [0.1, 0.15) is 0 Å². The molecule has 0 spiro atoms. The first kappa shape index (κ1) is 14.1. The summed E-state index contributed by atoms with van der Waals surface area (Å²) < 4.78 is 25.7. The van der Waals surface area contributed by atoms with Gasteiger partial charge < -0.3 is 0 Å². The predicted molar refractivity (Wildman–Crippen MR) is 75.8 cm³/mol. The Morgan fingerprint density at radius 1 is 1.26 bits per heavy atom. The number of nitrogens with one attached hydrogen (secondary N) is 1. The fraction of sp³-hybridized carbons (Fsp3) is 0.500. The van der Waals surface area contributed by atoms with E-state index in [1.165, 1.54) is 0 Å². The number of carbonyl (C=O) groups excluding carboxylic acids is 1. The van der Waals surface area contributed by atoms with E-state index in [9.17, 15) is 13.2 Å². The molecular weight excluding hydrogens is 262 g/mol. The van der Waals surface area contributed by atoms with E-state index in [0.717, 1.165) is 19.3 Å². The molecule has 1 fully saturated rings. The molecule has 104 valence electrons. The number of rotatable bonds is 6. The molecule has 0 aromatic heterocycles. The van der Waals surface area contributed by atoms with E-state index in [1.807, 2.05) is 6.92 Å². The maximum absolute atomic E-state index is 12.0. The van der Waals surface area contributed by atoms with Crippen molar-refractivity contribution < 1.29 is 13.2 Å². The van der Waals surface area contributed by atoms with Crippen molar-refractivity contribution in [1.29, 1.82) is 0 Å². The van der Waals surface area contributed by atoms with Crippen LogP contribution in [0.25, 0.3) is 0 Å². The van der Waals surface area contributed by atoms with Gasteiger partial charge in [-0.1, -0.05) is 13.3 Å². The number of ketones is 1. The Balaban J connectivity index is 2.04. The van der Waals surface area contributed by atoms with Crippen molar-refractivity contribution in [2.45, 2.75) is 32.6 Å². The van der Waals surface area contributed by atoms with E-state index in [1.54, 1.807) is 24.3 Å². The van der Waals surface area contributed by atoms with Crippen LogP contribution in [0.5, 0.6) is 0 Å². The van der Waals surface area contributed by atoms with E-state index in [4.69, 9.17) is 0 Å². The third-order valence-corrected chi connectivity index (χ3v) is 4.88. The minimum Gasteiger partial charge on any atom is -0.294 e. The largest absolute Gasteiger partial charge is 0.294 e. The third kappa shape index (κ3) is 3.56. The van der Waals surface area contributed by atoms with Crippen LogP contribution in [0.1, 0.15) is 43.0 Å². The van der Waals surface area contributed by atoms with Crippen LogP contribution in [0.4, 0.5) is 5.69 Å². The van der Waals surface area contributed by atoms with Gasteiger partial charge in [0.2, 0.25) is 10.0 Å². The van der Waals surface area contributed by atoms with E-state index in [0.29, 0.717) is 17.7 Å². The van der Waals surface area contributed by atoms with Crippen molar-refractivity contribution in [3.8, 4) is 0 Å². The molecule has 1 aliphatic carbocycles. The number of carbonyl (C=O) groups is 1. The zero-order valence-electron chi connectivity index (χ0n) is 11.1. The highest BCUT2D eigenvalue weighted by molar-refractivity contribution is 7.92. The Bertz CT molecular complexity index is 545. The Morgan fingerprint density at radius 3 is 2.37 bits per heavy atom. The van der Waals surface area contributed by atoms with Crippen LogP contribution >= 0.6 is 0 Å². The average molecular weight is 281 g/mol. The van der Waals surface area contributed by atoms with Crippen LogP contribution in [0.15, 0.2) is 24.3 Å². The second-order valence-corrected chi connectivity index (χ2v) is 6.83. The highest BCUT2D eigenvalue weighted by Gasteiger charge is 2.26. The molecule has 0 radical (unpaired) electrons. The van der Waals surface area contributed by atoms with E-state index in [-0.39, 0.29) is 17.5 Å². The zero-order valence-corrected chi connectivity index (χ0v) is 11.9. The molecule has 1 N–H and O–H groups in total. The summed E-state index contributed by atoms with van der Waals surface area (Å²) in [7, 11) is -3.26. The van der Waals surface area contributed by atoms with Crippen LogP contribution in [0.2, 0.25) is 0 Å². The number of Topliss-reactive ketones (excluding diaryl/α,β-unsaturated/α-hetero) is 1. The maximum Gasteiger partial charge on any atom is 0.232 e. The SMILES string of the molecule is CCCS(=O)(=O)Nc1ccc(C(=O)C2CCC2)cc1. The lowest BCUT2D eigenvalue weighted by Crippen LogP contribution is -2.22. The molecular formula is C14H19NO3S. The van der Waals surface area contributed by atoms with Gasteiger partial charge in [-0.2, -0.15) is 0 Å². The Hall–Kier alpha value is -1.36. The predicted octanol–water partition coefficient (Wildman–Crippen LogP) is 2.82. The molecule has 0 atom stereocenters. The molecule has 0 heterocycles. The van der Waals surface area contributed by atoms with Gasteiger partial charge in [-0.25, -0.2) is 8.42 Å². The molecule has 5 heteroatoms. The Labute approximate surface area is 114 Å². The van der Waals surface area contributed by atoms with Gasteiger partial charge in [-0.3, -0.25) is 9.52 Å². The number of anilines is 1. The van der Waals surface area contributed by atoms with Crippen LogP contribution < -0.4 is 4.72 Å². The van der Waals surface area contributed by atoms with Crippen LogP contribution in [0.3, 0.4) is 0 Å². The quantitative estimate of drug-likeness (QED) is 0.815. The minimum atomic E-state index is -3.26. The van der Waals surface area contributed by atoms with Crippen LogP contribution in [0, 0.1) is 5.92 Å². The van der Waals surface area contributed by atoms with Gasteiger partial charge in [0.25, 0.3) is 0 Å². The molecule has 1 aromatic carbocycles. The molecule has 0 aliphatic heterocycles. The molecule has 0 unspecified atom stereocenters. The fourth-order valence-corrected chi connectivity index (χ4v) is 3.24. The summed E-state index contributed by atoms with van der Waals surface area (Å²) >= 11 is 0. The molecule has 0 amide bonds. The maximum atomic E-state index is 12.0. The summed E-state index contributed by atoms with van der Waals surface area (Å²) in [4.78, 5) is 12.0. The number of sulfonamides is 1. The minimum absolute atomic E-state index is 0.107. The second-order valence-electron chi connectivity index (χ2n) is 4.99. The Morgan fingerprint density at radius 2 is 1.89 bits per heavy atom. The van der Waals surface area contributed by atoms with E-state index >= 15 is 0 Å². The van der Waals surface area contributed by atoms with Crippen LogP contribution in [-0.4, -0.2) is 20.0 Å². The molecule has 0 saturated heterocycles. The molecule has 0 bridgehead atoms. The summed E-state index contributed by atoms with van der Waals surface area (Å²) in [5, 5.41) is 0. The van der Waals surface area contributed by atoms with Crippen molar-refractivity contribution >= 4 is 21.5 Å². The van der Waals surface area contributed by atoms with Crippen molar-refractivity contribution in [1.82, 2.24) is 0 Å². The summed E-state index contributed by atoms with van der Waals surface area (Å²) in [6.45, 7) is 1.82. The molecule has 19 heavy (non-hydrogen) atoms. The highest BCUT2D eigenvalue weighted by Crippen LogP contribution is 2.30. The van der Waals surface area contributed by atoms with Gasteiger partial charge in [0.05, 0.1) is 5.75 Å². The number of hydrogen-bond acceptors (Lipinski definition) is 3. The monoisotopic (exact) mass is 281 g/mol. The zero-order chi connectivity index (χ0) is 13.9. The summed E-state index contributed by atoms with van der Waals surface area (Å²) in [5.74, 6) is 0.451. The van der Waals surface area contributed by atoms with Crippen molar-refractivity contribution in [2.75, 3.05) is 10.5 Å². The lowest BCUT2D eigenvalue weighted by atomic mass is 9.80. The first-order valence-electron chi connectivity index (χ1n) is 6.66. The van der Waals surface area contributed by atoms with Gasteiger partial charge in [0, 0.05) is 17.2 Å². The summed E-state index contributed by atoms with van der Waals surface area (Å²) in [6, 6.07) is 6.70. The number of hydrogen-bond donors (Lipinski definition) is 1. The molecule has 1 aliphatic rings. The van der Waals surface area contributed by atoms with Crippen LogP contribution in [-0.2, 0) is 10.0 Å². The van der Waals surface area contributed by atoms with Crippen molar-refractivity contribution in [3.63, 3.8) is 0 Å². The average Bonchev–Trinajstić information content (AvgIpc) is 2.26. The summed E-state index contributed by atoms with van der Waals surface area (Å²) in [6.07, 6.45) is 3.66. The lowest BCUT2D eigenvalue weighted by molar-refractivity contribution is 0.0855. The third-order valence-electron chi connectivity index (χ3n) is 3.39. The van der Waals surface area contributed by atoms with Gasteiger partial charge >= 0.3 is 0 Å². The number of benzene rings is 1. The fourth-order valence-electron chi connectivity index (χ4n) is 2.11. The standard InChI is InChI=1S/C14H19NO3S/c1-2-10-19(17,18)15-13-8-6-12(7-9-13)14(16)11-4-3-5-11/h6-9,11,15H,2-5,10H2,1H3. The van der Waals surface area contributed by atoms with E-state index < -0.39 is 10.0 Å². The van der Waals surface area contributed by atoms with Crippen molar-refractivity contribution in [2.24, 2.45) is 5.92 Å². The van der Waals surface area contributed by atoms with Crippen molar-refractivity contribution in [3.05, 3.63) is 29.8 Å².